The van der Waals surface area contributed by atoms with E-state index in [1.807, 2.05) is 13.8 Å². The van der Waals surface area contributed by atoms with Crippen LogP contribution in [0.25, 0.3) is 0 Å². The van der Waals surface area contributed by atoms with Gasteiger partial charge in [-0.25, -0.2) is 0 Å². The van der Waals surface area contributed by atoms with Gasteiger partial charge in [0.15, 0.2) is 0 Å². The zero-order valence-electron chi connectivity index (χ0n) is 11.4. The first-order chi connectivity index (χ1) is 8.62. The molecule has 18 heavy (non-hydrogen) atoms. The van der Waals surface area contributed by atoms with Crippen LogP contribution in [0.5, 0.6) is 5.75 Å². The van der Waals surface area contributed by atoms with Crippen molar-refractivity contribution < 1.29 is 14.3 Å². The molecule has 1 atom stereocenters. The van der Waals surface area contributed by atoms with E-state index in [4.69, 9.17) is 9.47 Å². The van der Waals surface area contributed by atoms with Gasteiger partial charge in [-0.1, -0.05) is 6.92 Å². The summed E-state index contributed by atoms with van der Waals surface area (Å²) in [5.41, 5.74) is 1.50. The van der Waals surface area contributed by atoms with Gasteiger partial charge >= 0.3 is 0 Å². The number of hydrogen-bond donors (Lipinski definition) is 1. The van der Waals surface area contributed by atoms with Gasteiger partial charge in [0, 0.05) is 24.3 Å². The summed E-state index contributed by atoms with van der Waals surface area (Å²) >= 11 is 0. The van der Waals surface area contributed by atoms with E-state index in [-0.39, 0.29) is 11.9 Å². The molecule has 0 aliphatic heterocycles. The summed E-state index contributed by atoms with van der Waals surface area (Å²) in [6.45, 7) is 4.44. The van der Waals surface area contributed by atoms with E-state index in [2.05, 4.69) is 5.32 Å². The summed E-state index contributed by atoms with van der Waals surface area (Å²) in [5, 5.41) is 2.93. The van der Waals surface area contributed by atoms with Crippen molar-refractivity contribution in [3.63, 3.8) is 0 Å². The summed E-state index contributed by atoms with van der Waals surface area (Å²) in [6.07, 6.45) is 0.910. The van der Waals surface area contributed by atoms with Crippen molar-refractivity contribution in [2.75, 3.05) is 14.2 Å². The Labute approximate surface area is 108 Å². The molecule has 0 aliphatic carbocycles. The first kappa shape index (κ1) is 14.5. The second-order valence-corrected chi connectivity index (χ2v) is 4.24. The van der Waals surface area contributed by atoms with Crippen molar-refractivity contribution in [1.82, 2.24) is 5.32 Å². The highest BCUT2D eigenvalue weighted by Gasteiger charge is 2.11. The van der Waals surface area contributed by atoms with Gasteiger partial charge in [0.05, 0.1) is 13.7 Å². The Balaban J connectivity index is 2.89. The lowest BCUT2D eigenvalue weighted by Gasteiger charge is -2.13. The molecule has 0 saturated carbocycles. The molecule has 100 valence electrons. The summed E-state index contributed by atoms with van der Waals surface area (Å²) in [6, 6.07) is 5.53. The van der Waals surface area contributed by atoms with Crippen molar-refractivity contribution in [3.8, 4) is 5.75 Å². The Morgan fingerprint density at radius 2 is 2.11 bits per heavy atom. The van der Waals surface area contributed by atoms with E-state index >= 15 is 0 Å². The van der Waals surface area contributed by atoms with E-state index in [1.165, 1.54) is 0 Å². The van der Waals surface area contributed by atoms with Gasteiger partial charge in [0.2, 0.25) is 0 Å². The molecule has 0 unspecified atom stereocenters. The van der Waals surface area contributed by atoms with Crippen molar-refractivity contribution >= 4 is 5.91 Å². The van der Waals surface area contributed by atoms with Crippen LogP contribution in [0.3, 0.4) is 0 Å². The fourth-order valence-corrected chi connectivity index (χ4v) is 1.60. The predicted octanol–water partition coefficient (Wildman–Crippen LogP) is 2.37. The zero-order chi connectivity index (χ0) is 13.5. The fraction of sp³-hybridized carbons (Fsp3) is 0.500. The number of methoxy groups -OCH3 is 2. The number of ether oxygens (including phenoxy) is 2. The minimum Gasteiger partial charge on any atom is -0.496 e. The number of rotatable bonds is 6. The molecule has 4 heteroatoms. The standard InChI is InChI=1S/C14H21NO3/c1-5-10(2)15-14(16)11-6-7-13(18-4)12(8-11)9-17-3/h6-8,10H,5,9H2,1-4H3,(H,15,16)/t10-/m0/s1. The molecule has 0 bridgehead atoms. The van der Waals surface area contributed by atoms with Gasteiger partial charge in [-0.15, -0.1) is 0 Å². The molecule has 0 saturated heterocycles. The largest absolute Gasteiger partial charge is 0.496 e. The first-order valence-corrected chi connectivity index (χ1v) is 6.09. The fourth-order valence-electron chi connectivity index (χ4n) is 1.60. The maximum Gasteiger partial charge on any atom is 0.251 e. The molecular formula is C14H21NO3. The first-order valence-electron chi connectivity index (χ1n) is 6.09. The normalized spacial score (nSPS) is 12.0. The third-order valence-corrected chi connectivity index (χ3v) is 2.83. The summed E-state index contributed by atoms with van der Waals surface area (Å²) in [4.78, 5) is 12.0. The molecular weight excluding hydrogens is 230 g/mol. The number of hydrogen-bond acceptors (Lipinski definition) is 3. The molecule has 0 radical (unpaired) electrons. The van der Waals surface area contributed by atoms with Gasteiger partial charge in [0.1, 0.15) is 5.75 Å². The molecule has 0 fully saturated rings. The maximum atomic E-state index is 12.0. The van der Waals surface area contributed by atoms with E-state index in [1.54, 1.807) is 32.4 Å². The SMILES string of the molecule is CC[C@H](C)NC(=O)c1ccc(OC)c(COC)c1. The van der Waals surface area contributed by atoms with Crippen LogP contribution in [0, 0.1) is 0 Å². The summed E-state index contributed by atoms with van der Waals surface area (Å²) in [5.74, 6) is 0.668. The third-order valence-electron chi connectivity index (χ3n) is 2.83. The maximum absolute atomic E-state index is 12.0. The minimum absolute atomic E-state index is 0.0654. The van der Waals surface area contributed by atoms with Crippen LogP contribution < -0.4 is 10.1 Å². The number of carbonyl (C=O) groups is 1. The topological polar surface area (TPSA) is 47.6 Å². The molecule has 1 aromatic carbocycles. The summed E-state index contributed by atoms with van der Waals surface area (Å²) in [7, 11) is 3.22. The van der Waals surface area contributed by atoms with Crippen molar-refractivity contribution in [1.29, 1.82) is 0 Å². The molecule has 0 aromatic heterocycles. The van der Waals surface area contributed by atoms with Gasteiger partial charge < -0.3 is 14.8 Å². The second kappa shape index (κ2) is 7.01. The number of carbonyl (C=O) groups excluding carboxylic acids is 1. The second-order valence-electron chi connectivity index (χ2n) is 4.24. The van der Waals surface area contributed by atoms with Crippen LogP contribution in [0.4, 0.5) is 0 Å². The number of nitrogens with one attached hydrogen (secondary N) is 1. The van der Waals surface area contributed by atoms with E-state index < -0.39 is 0 Å². The lowest BCUT2D eigenvalue weighted by atomic mass is 10.1. The Morgan fingerprint density at radius 3 is 2.67 bits per heavy atom. The molecule has 1 amide bonds. The Hall–Kier alpha value is -1.55. The molecule has 1 N–H and O–H groups in total. The molecule has 1 aromatic rings. The van der Waals surface area contributed by atoms with Crippen molar-refractivity contribution in [3.05, 3.63) is 29.3 Å². The van der Waals surface area contributed by atoms with E-state index in [9.17, 15) is 4.79 Å². The van der Waals surface area contributed by atoms with Gasteiger partial charge in [-0.2, -0.15) is 0 Å². The molecule has 4 nitrogen and oxygen atoms in total. The zero-order valence-corrected chi connectivity index (χ0v) is 11.4. The molecule has 0 spiro atoms. The van der Waals surface area contributed by atoms with Crippen molar-refractivity contribution in [2.24, 2.45) is 0 Å². The quantitative estimate of drug-likeness (QED) is 0.844. The van der Waals surface area contributed by atoms with Crippen LogP contribution in [0.15, 0.2) is 18.2 Å². The van der Waals surface area contributed by atoms with Crippen LogP contribution in [-0.4, -0.2) is 26.2 Å². The Kier molecular flexibility index (Phi) is 5.65. The Morgan fingerprint density at radius 1 is 1.39 bits per heavy atom. The molecule has 0 heterocycles. The Bertz CT molecular complexity index is 404. The predicted molar refractivity (Wildman–Crippen MR) is 70.9 cm³/mol. The lowest BCUT2D eigenvalue weighted by molar-refractivity contribution is 0.0939. The lowest BCUT2D eigenvalue weighted by Crippen LogP contribution is -2.31. The van der Waals surface area contributed by atoms with Crippen molar-refractivity contribution in [2.45, 2.75) is 32.9 Å². The molecule has 1 rings (SSSR count). The van der Waals surface area contributed by atoms with E-state index in [0.29, 0.717) is 12.2 Å². The van der Waals surface area contributed by atoms with E-state index in [0.717, 1.165) is 17.7 Å². The highest BCUT2D eigenvalue weighted by Crippen LogP contribution is 2.20. The minimum atomic E-state index is -0.0654. The average Bonchev–Trinajstić information content (AvgIpc) is 2.38. The van der Waals surface area contributed by atoms with Crippen LogP contribution in [-0.2, 0) is 11.3 Å². The van der Waals surface area contributed by atoms with Gasteiger partial charge in [-0.05, 0) is 31.5 Å². The number of amides is 1. The monoisotopic (exact) mass is 251 g/mol. The number of benzene rings is 1. The molecule has 0 aliphatic rings. The van der Waals surface area contributed by atoms with Crippen LogP contribution in [0.2, 0.25) is 0 Å². The van der Waals surface area contributed by atoms with Crippen LogP contribution in [0.1, 0.15) is 36.2 Å². The highest BCUT2D eigenvalue weighted by molar-refractivity contribution is 5.94. The van der Waals surface area contributed by atoms with Gasteiger partial charge in [0.25, 0.3) is 5.91 Å². The third kappa shape index (κ3) is 3.74. The van der Waals surface area contributed by atoms with Crippen LogP contribution >= 0.6 is 0 Å². The summed E-state index contributed by atoms with van der Waals surface area (Å²) < 4.78 is 10.3. The smallest absolute Gasteiger partial charge is 0.251 e. The van der Waals surface area contributed by atoms with Gasteiger partial charge in [-0.3, -0.25) is 4.79 Å². The average molecular weight is 251 g/mol. The highest BCUT2D eigenvalue weighted by atomic mass is 16.5.